The van der Waals surface area contributed by atoms with Crippen molar-refractivity contribution in [2.24, 2.45) is 5.92 Å². The minimum absolute atomic E-state index is 0.0710. The normalized spacial score (nSPS) is 13.8. The Labute approximate surface area is 124 Å². The molecule has 1 unspecified atom stereocenters. The van der Waals surface area contributed by atoms with Crippen LogP contribution in [0.1, 0.15) is 65.4 Å². The Bertz CT molecular complexity index is 393. The lowest BCUT2D eigenvalue weighted by Crippen LogP contribution is -2.38. The van der Waals surface area contributed by atoms with Crippen molar-refractivity contribution in [2.75, 3.05) is 6.54 Å². The maximum atomic E-state index is 14.0. The van der Waals surface area contributed by atoms with Gasteiger partial charge in [0.15, 0.2) is 0 Å². The van der Waals surface area contributed by atoms with E-state index in [-0.39, 0.29) is 17.3 Å². The largest absolute Gasteiger partial charge is 0.311 e. The minimum atomic E-state index is -0.0715. The van der Waals surface area contributed by atoms with E-state index < -0.39 is 0 Å². The lowest BCUT2D eigenvalue weighted by atomic mass is 9.90. The van der Waals surface area contributed by atoms with Gasteiger partial charge in [0.2, 0.25) is 0 Å². The molecule has 0 aliphatic heterocycles. The molecule has 1 nitrogen and oxygen atoms in total. The molecule has 0 aromatic heterocycles. The Morgan fingerprint density at radius 2 is 1.75 bits per heavy atom. The van der Waals surface area contributed by atoms with Crippen molar-refractivity contribution in [2.45, 2.75) is 65.3 Å². The van der Waals surface area contributed by atoms with Crippen LogP contribution in [0.25, 0.3) is 0 Å². The van der Waals surface area contributed by atoms with Gasteiger partial charge in [-0.05, 0) is 50.7 Å². The van der Waals surface area contributed by atoms with Gasteiger partial charge in [0.05, 0.1) is 0 Å². The van der Waals surface area contributed by atoms with Gasteiger partial charge in [-0.15, -0.1) is 0 Å². The average Bonchev–Trinajstić information content (AvgIpc) is 2.33. The zero-order valence-corrected chi connectivity index (χ0v) is 13.7. The second-order valence-corrected chi connectivity index (χ2v) is 7.17. The molecule has 0 bridgehead atoms. The van der Waals surface area contributed by atoms with Crippen LogP contribution < -0.4 is 5.32 Å². The summed E-state index contributed by atoms with van der Waals surface area (Å²) in [6.45, 7) is 11.8. The molecule has 0 amide bonds. The first-order chi connectivity index (χ1) is 9.29. The first-order valence-electron chi connectivity index (χ1n) is 7.79. The fourth-order valence-electron chi connectivity index (χ4n) is 2.38. The van der Waals surface area contributed by atoms with Crippen molar-refractivity contribution < 1.29 is 4.39 Å². The molecule has 0 aliphatic rings. The van der Waals surface area contributed by atoms with Gasteiger partial charge < -0.3 is 5.32 Å². The van der Waals surface area contributed by atoms with Gasteiger partial charge in [0.25, 0.3) is 0 Å². The second-order valence-electron chi connectivity index (χ2n) is 7.17. The lowest BCUT2D eigenvalue weighted by molar-refractivity contribution is 0.385. The van der Waals surface area contributed by atoms with Crippen LogP contribution in [0, 0.1) is 11.7 Å². The van der Waals surface area contributed by atoms with Gasteiger partial charge in [-0.25, -0.2) is 4.39 Å². The Hall–Kier alpha value is -0.890. The van der Waals surface area contributed by atoms with Crippen molar-refractivity contribution in [3.8, 4) is 0 Å². The molecule has 1 aromatic rings. The summed E-state index contributed by atoms with van der Waals surface area (Å²) in [5, 5.41) is 3.52. The van der Waals surface area contributed by atoms with Gasteiger partial charge >= 0.3 is 0 Å². The first-order valence-corrected chi connectivity index (χ1v) is 7.79. The monoisotopic (exact) mass is 279 g/mol. The number of nitrogens with one attached hydrogen (secondary N) is 1. The van der Waals surface area contributed by atoms with Crippen LogP contribution in [0.2, 0.25) is 0 Å². The van der Waals surface area contributed by atoms with E-state index in [9.17, 15) is 4.39 Å². The van der Waals surface area contributed by atoms with Crippen molar-refractivity contribution in [3.63, 3.8) is 0 Å². The maximum Gasteiger partial charge on any atom is 0.126 e. The summed E-state index contributed by atoms with van der Waals surface area (Å²) in [6.07, 6.45) is 3.41. The lowest BCUT2D eigenvalue weighted by Gasteiger charge is -2.26. The highest BCUT2D eigenvalue weighted by Gasteiger charge is 2.18. The van der Waals surface area contributed by atoms with Crippen LogP contribution in [-0.4, -0.2) is 12.1 Å². The zero-order chi connectivity index (χ0) is 15.2. The molecule has 0 radical (unpaired) electrons. The Kier molecular flexibility index (Phi) is 6.67. The third kappa shape index (κ3) is 6.51. The molecule has 0 saturated carbocycles. The van der Waals surface area contributed by atoms with Crippen LogP contribution in [0.15, 0.2) is 24.3 Å². The highest BCUT2D eigenvalue weighted by molar-refractivity contribution is 5.22. The number of hydrogen-bond donors (Lipinski definition) is 1. The SMILES string of the molecule is CC(C)CCCC(CNC(C)(C)C)c1ccccc1F. The maximum absolute atomic E-state index is 14.0. The standard InChI is InChI=1S/C18H30FN/c1-14(2)9-8-10-15(13-20-18(3,4)5)16-11-6-7-12-17(16)19/h6-7,11-12,14-15,20H,8-10,13H2,1-5H3. The van der Waals surface area contributed by atoms with Crippen LogP contribution >= 0.6 is 0 Å². The Morgan fingerprint density at radius 3 is 2.30 bits per heavy atom. The summed E-state index contributed by atoms with van der Waals surface area (Å²) in [7, 11) is 0. The molecular weight excluding hydrogens is 249 g/mol. The van der Waals surface area contributed by atoms with E-state index in [2.05, 4.69) is 39.9 Å². The molecule has 2 heteroatoms. The molecule has 1 rings (SSSR count). The minimum Gasteiger partial charge on any atom is -0.311 e. The molecule has 0 saturated heterocycles. The predicted molar refractivity (Wildman–Crippen MR) is 85.6 cm³/mol. The van der Waals surface area contributed by atoms with E-state index in [0.717, 1.165) is 24.9 Å². The molecule has 0 spiro atoms. The molecule has 20 heavy (non-hydrogen) atoms. The summed E-state index contributed by atoms with van der Waals surface area (Å²) in [5.41, 5.74) is 0.926. The van der Waals surface area contributed by atoms with E-state index in [4.69, 9.17) is 0 Å². The third-order valence-electron chi connectivity index (χ3n) is 3.56. The van der Waals surface area contributed by atoms with E-state index >= 15 is 0 Å². The number of rotatable bonds is 7. The highest BCUT2D eigenvalue weighted by atomic mass is 19.1. The number of hydrogen-bond acceptors (Lipinski definition) is 1. The van der Waals surface area contributed by atoms with Gasteiger partial charge in [-0.1, -0.05) is 44.9 Å². The van der Waals surface area contributed by atoms with E-state index in [0.29, 0.717) is 5.92 Å². The average molecular weight is 279 g/mol. The molecule has 114 valence electrons. The molecule has 0 aliphatic carbocycles. The molecule has 1 aromatic carbocycles. The molecule has 1 N–H and O–H groups in total. The summed E-state index contributed by atoms with van der Waals surface area (Å²) in [4.78, 5) is 0. The van der Waals surface area contributed by atoms with E-state index in [1.165, 1.54) is 6.42 Å². The Balaban J connectivity index is 2.71. The van der Waals surface area contributed by atoms with E-state index in [1.54, 1.807) is 12.1 Å². The van der Waals surface area contributed by atoms with Crippen molar-refractivity contribution in [1.82, 2.24) is 5.32 Å². The van der Waals surface area contributed by atoms with Gasteiger partial charge in [-0.2, -0.15) is 0 Å². The quantitative estimate of drug-likeness (QED) is 0.730. The smallest absolute Gasteiger partial charge is 0.126 e. The van der Waals surface area contributed by atoms with Crippen molar-refractivity contribution in [3.05, 3.63) is 35.6 Å². The van der Waals surface area contributed by atoms with Gasteiger partial charge in [0, 0.05) is 12.1 Å². The van der Waals surface area contributed by atoms with Gasteiger partial charge in [-0.3, -0.25) is 0 Å². The first kappa shape index (κ1) is 17.2. The topological polar surface area (TPSA) is 12.0 Å². The fourth-order valence-corrected chi connectivity index (χ4v) is 2.38. The van der Waals surface area contributed by atoms with E-state index in [1.807, 2.05) is 12.1 Å². The zero-order valence-electron chi connectivity index (χ0n) is 13.7. The van der Waals surface area contributed by atoms with Crippen molar-refractivity contribution in [1.29, 1.82) is 0 Å². The fraction of sp³-hybridized carbons (Fsp3) is 0.667. The molecule has 1 atom stereocenters. The summed E-state index contributed by atoms with van der Waals surface area (Å²) >= 11 is 0. The van der Waals surface area contributed by atoms with Crippen molar-refractivity contribution >= 4 is 0 Å². The third-order valence-corrected chi connectivity index (χ3v) is 3.56. The van der Waals surface area contributed by atoms with Crippen LogP contribution in [0.5, 0.6) is 0 Å². The predicted octanol–water partition coefficient (Wildman–Crippen LogP) is 5.12. The van der Waals surface area contributed by atoms with Crippen LogP contribution in [0.4, 0.5) is 4.39 Å². The number of halogens is 1. The molecule has 0 fully saturated rings. The number of benzene rings is 1. The summed E-state index contributed by atoms with van der Waals surface area (Å²) in [5.74, 6) is 0.902. The summed E-state index contributed by atoms with van der Waals surface area (Å²) in [6, 6.07) is 7.20. The second kappa shape index (κ2) is 7.78. The van der Waals surface area contributed by atoms with Crippen LogP contribution in [0.3, 0.4) is 0 Å². The summed E-state index contributed by atoms with van der Waals surface area (Å²) < 4.78 is 14.0. The van der Waals surface area contributed by atoms with Gasteiger partial charge in [0.1, 0.15) is 5.82 Å². The van der Waals surface area contributed by atoms with Crippen LogP contribution in [-0.2, 0) is 0 Å². The Morgan fingerprint density at radius 1 is 1.10 bits per heavy atom. The molecule has 0 heterocycles. The molecular formula is C18H30FN. The highest BCUT2D eigenvalue weighted by Crippen LogP contribution is 2.25.